The maximum Gasteiger partial charge on any atom is 0.407 e. The zero-order chi connectivity index (χ0) is 52.9. The Hall–Kier alpha value is -6.50. The molecule has 7 N–H and O–H groups in total. The lowest BCUT2D eigenvalue weighted by Gasteiger charge is -2.29. The highest BCUT2D eigenvalue weighted by atomic mass is 35.5. The maximum atomic E-state index is 13.9. The number of hydrogen-bond acceptors (Lipinski definition) is 13. The van der Waals surface area contributed by atoms with Crippen LogP contribution < -0.4 is 37.1 Å². The lowest BCUT2D eigenvalue weighted by molar-refractivity contribution is -0.179. The number of alkyl carbamates (subject to hydrolysis) is 1. The summed E-state index contributed by atoms with van der Waals surface area (Å²) < 4.78 is 28.8. The molecule has 72 heavy (non-hydrogen) atoms. The molecule has 19 heteroatoms. The Bertz CT molecular complexity index is 2430. The van der Waals surface area contributed by atoms with E-state index in [2.05, 4.69) is 26.6 Å². The Morgan fingerprint density at radius 3 is 2.19 bits per heavy atom. The van der Waals surface area contributed by atoms with E-state index in [1.54, 1.807) is 69.3 Å². The maximum absolute atomic E-state index is 13.9. The molecule has 390 valence electrons. The lowest BCUT2D eigenvalue weighted by Crippen LogP contribution is -2.51. The number of ether oxygens (including phenoxy) is 5. The average Bonchev–Trinajstić information content (AvgIpc) is 4.14. The number of nitrogens with two attached hydrogens (primary N) is 1. The third-order valence-corrected chi connectivity index (χ3v) is 12.7. The number of epoxide rings is 1. The van der Waals surface area contributed by atoms with Gasteiger partial charge in [-0.3, -0.25) is 24.0 Å². The van der Waals surface area contributed by atoms with Crippen LogP contribution in [0.5, 0.6) is 5.75 Å². The van der Waals surface area contributed by atoms with Crippen LogP contribution >= 0.6 is 11.6 Å². The number of carbonyl (C=O) groups is 7. The Balaban J connectivity index is 1.18. The van der Waals surface area contributed by atoms with Crippen molar-refractivity contribution in [3.05, 3.63) is 106 Å². The Morgan fingerprint density at radius 1 is 0.889 bits per heavy atom. The van der Waals surface area contributed by atoms with E-state index < -0.39 is 77.4 Å². The van der Waals surface area contributed by atoms with Crippen molar-refractivity contribution >= 4 is 58.9 Å². The number of rotatable bonds is 17. The number of anilines is 1. The predicted octanol–water partition coefficient (Wildman–Crippen LogP) is 5.98. The van der Waals surface area contributed by atoms with E-state index in [1.807, 2.05) is 58.9 Å². The van der Waals surface area contributed by atoms with Gasteiger partial charge in [-0.1, -0.05) is 94.8 Å². The fourth-order valence-electron chi connectivity index (χ4n) is 7.63. The second-order valence-electron chi connectivity index (χ2n) is 19.7. The van der Waals surface area contributed by atoms with Gasteiger partial charge in [-0.15, -0.1) is 0 Å². The molecular formula is C53H69ClN6O12. The molecule has 1 fully saturated rings. The van der Waals surface area contributed by atoms with E-state index in [1.165, 1.54) is 13.2 Å². The number of nitrogens with one attached hydrogen (secondary N) is 5. The first-order valence-electron chi connectivity index (χ1n) is 24.1. The number of esters is 2. The van der Waals surface area contributed by atoms with E-state index in [4.69, 9.17) is 41.0 Å². The second kappa shape index (κ2) is 25.7. The van der Waals surface area contributed by atoms with Crippen molar-refractivity contribution < 1.29 is 57.2 Å². The third kappa shape index (κ3) is 16.5. The fourth-order valence-corrected chi connectivity index (χ4v) is 7.91. The average molecular weight is 1020 g/mol. The van der Waals surface area contributed by atoms with Crippen molar-refractivity contribution in [1.29, 1.82) is 0 Å². The van der Waals surface area contributed by atoms with Gasteiger partial charge in [0.25, 0.3) is 0 Å². The highest BCUT2D eigenvalue weighted by molar-refractivity contribution is 6.32. The monoisotopic (exact) mass is 1020 g/mol. The van der Waals surface area contributed by atoms with Gasteiger partial charge in [0.2, 0.25) is 23.6 Å². The molecular weight excluding hydrogens is 948 g/mol. The quantitative estimate of drug-likeness (QED) is 0.0518. The SMILES string of the molecule is COc1ccc(C[C@H]2NC(=O)/C=C/C[C@@H](C(C)[C@H]3O[C@@H]3c3ccc(CNC(=O)OCc4ccc(NC(=O)C(C)NC(=O)C(N)C(C)C)cc4)cc3)OC(=O)[C@H](CC(C)C)OC(=O)C(C)(C)CNC2=O)cc1Cl. The second-order valence-corrected chi connectivity index (χ2v) is 20.1. The Kier molecular flexibility index (Phi) is 20.2. The van der Waals surface area contributed by atoms with Gasteiger partial charge >= 0.3 is 18.0 Å². The summed E-state index contributed by atoms with van der Waals surface area (Å²) in [6, 6.07) is 16.7. The van der Waals surface area contributed by atoms with Crippen LogP contribution in [0.25, 0.3) is 0 Å². The van der Waals surface area contributed by atoms with Crippen LogP contribution in [0.15, 0.2) is 78.9 Å². The number of hydrogen-bond donors (Lipinski definition) is 6. The summed E-state index contributed by atoms with van der Waals surface area (Å²) in [5, 5.41) is 14.0. The van der Waals surface area contributed by atoms with Crippen molar-refractivity contribution in [1.82, 2.24) is 21.3 Å². The molecule has 0 aromatic heterocycles. The molecule has 0 saturated carbocycles. The van der Waals surface area contributed by atoms with Crippen molar-refractivity contribution in [3.8, 4) is 5.75 Å². The van der Waals surface area contributed by atoms with Crippen molar-refractivity contribution in [2.24, 2.45) is 28.9 Å². The molecule has 18 nitrogen and oxygen atoms in total. The predicted molar refractivity (Wildman–Crippen MR) is 269 cm³/mol. The van der Waals surface area contributed by atoms with E-state index >= 15 is 0 Å². The van der Waals surface area contributed by atoms with Crippen LogP contribution in [0, 0.1) is 23.2 Å². The first-order chi connectivity index (χ1) is 34.0. The topological polar surface area (TPSA) is 255 Å². The van der Waals surface area contributed by atoms with Gasteiger partial charge in [-0.25, -0.2) is 9.59 Å². The zero-order valence-electron chi connectivity index (χ0n) is 42.4. The zero-order valence-corrected chi connectivity index (χ0v) is 43.1. The minimum Gasteiger partial charge on any atom is -0.495 e. The number of carbonyl (C=O) groups excluding carboxylic acids is 7. The summed E-state index contributed by atoms with van der Waals surface area (Å²) in [5.74, 6) is -3.40. The van der Waals surface area contributed by atoms with E-state index in [9.17, 15) is 33.6 Å². The summed E-state index contributed by atoms with van der Waals surface area (Å²) in [4.78, 5) is 92.0. The first kappa shape index (κ1) is 56.4. The number of cyclic esters (lactones) is 2. The highest BCUT2D eigenvalue weighted by Crippen LogP contribution is 2.45. The molecule has 5 rings (SSSR count). The molecule has 0 radical (unpaired) electrons. The smallest absolute Gasteiger partial charge is 0.407 e. The van der Waals surface area contributed by atoms with Crippen molar-refractivity contribution in [2.45, 2.75) is 130 Å². The van der Waals surface area contributed by atoms with Crippen LogP contribution in [0.3, 0.4) is 0 Å². The molecule has 2 aliphatic rings. The summed E-state index contributed by atoms with van der Waals surface area (Å²) in [6.45, 7) is 14.1. The molecule has 3 aromatic carbocycles. The molecule has 2 heterocycles. The largest absolute Gasteiger partial charge is 0.495 e. The molecule has 8 atom stereocenters. The Labute approximate surface area is 426 Å². The molecule has 2 aliphatic heterocycles. The minimum atomic E-state index is -1.26. The molecule has 0 aliphatic carbocycles. The standard InChI is InChI=1S/C53H69ClN6O12/c1-29(2)23-42-50(65)70-40(11-10-12-43(61)60-39(25-35-17-22-41(68-9)38(54)24-35)48(63)57-28-53(7,8)51(66)71-42)31(5)45-46(72-45)36-18-13-33(14-19-36)26-56-52(67)69-27-34-15-20-37(21-16-34)59-47(62)32(6)58-49(64)44(55)30(3)4/h10,12-22,24,29-32,39-40,42,44-46H,11,23,25-28,55H2,1-9H3,(H,56,67)(H,57,63)(H,58,64)(H,59,62)(H,60,61)/b12-10+/t31?,32?,39-,40+,42+,44?,45-,46-/m1/s1. The van der Waals surface area contributed by atoms with Gasteiger partial charge in [0.15, 0.2) is 6.10 Å². The van der Waals surface area contributed by atoms with Gasteiger partial charge in [0, 0.05) is 37.5 Å². The molecule has 0 spiro atoms. The Morgan fingerprint density at radius 2 is 1.56 bits per heavy atom. The van der Waals surface area contributed by atoms with Crippen LogP contribution in [0.1, 0.15) is 96.6 Å². The first-order valence-corrected chi connectivity index (χ1v) is 24.5. The molecule has 3 aromatic rings. The van der Waals surface area contributed by atoms with Crippen LogP contribution in [0.4, 0.5) is 10.5 Å². The summed E-state index contributed by atoms with van der Waals surface area (Å²) >= 11 is 6.37. The minimum absolute atomic E-state index is 0.0151. The number of benzene rings is 3. The number of halogens is 1. The van der Waals surface area contributed by atoms with E-state index in [-0.39, 0.29) is 68.9 Å². The number of methoxy groups -OCH3 is 1. The summed E-state index contributed by atoms with van der Waals surface area (Å²) in [6.07, 6.45) is -0.137. The summed E-state index contributed by atoms with van der Waals surface area (Å²) in [5.41, 5.74) is 8.12. The normalized spacial score (nSPS) is 22.2. The van der Waals surface area contributed by atoms with E-state index in [0.29, 0.717) is 27.6 Å². The van der Waals surface area contributed by atoms with Crippen LogP contribution in [-0.4, -0.2) is 91.8 Å². The lowest BCUT2D eigenvalue weighted by atomic mass is 9.92. The van der Waals surface area contributed by atoms with Crippen LogP contribution in [-0.2, 0) is 67.3 Å². The summed E-state index contributed by atoms with van der Waals surface area (Å²) in [7, 11) is 1.49. The van der Waals surface area contributed by atoms with Crippen molar-refractivity contribution in [3.63, 3.8) is 0 Å². The molecule has 3 unspecified atom stereocenters. The van der Waals surface area contributed by atoms with E-state index in [0.717, 1.165) is 11.1 Å². The third-order valence-electron chi connectivity index (χ3n) is 12.4. The van der Waals surface area contributed by atoms with Gasteiger partial charge in [-0.05, 0) is 91.6 Å². The molecule has 0 bridgehead atoms. The van der Waals surface area contributed by atoms with Gasteiger partial charge in [-0.2, -0.15) is 0 Å². The van der Waals surface area contributed by atoms with Gasteiger partial charge in [0.05, 0.1) is 29.7 Å². The van der Waals surface area contributed by atoms with Gasteiger partial charge < -0.3 is 56.0 Å². The molecule has 5 amide bonds. The fraction of sp³-hybridized carbons (Fsp3) is 0.491. The highest BCUT2D eigenvalue weighted by Gasteiger charge is 2.48. The number of amides is 5. The van der Waals surface area contributed by atoms with Gasteiger partial charge in [0.1, 0.15) is 36.6 Å². The van der Waals surface area contributed by atoms with Crippen molar-refractivity contribution in [2.75, 3.05) is 19.0 Å². The van der Waals surface area contributed by atoms with Crippen LogP contribution in [0.2, 0.25) is 5.02 Å². The molecule has 1 saturated heterocycles.